The fourth-order valence-electron chi connectivity index (χ4n) is 5.42. The fourth-order valence-corrected chi connectivity index (χ4v) is 5.42. The van der Waals surface area contributed by atoms with Gasteiger partial charge in [0.15, 0.2) is 0 Å². The lowest BCUT2D eigenvalue weighted by atomic mass is 9.95. The van der Waals surface area contributed by atoms with Crippen LogP contribution in [0.25, 0.3) is 10.8 Å². The highest BCUT2D eigenvalue weighted by Gasteiger charge is 2.24. The van der Waals surface area contributed by atoms with Gasteiger partial charge in [0.1, 0.15) is 0 Å². The van der Waals surface area contributed by atoms with Crippen molar-refractivity contribution >= 4 is 22.6 Å². The monoisotopic (exact) mass is 565 g/mol. The molecule has 0 unspecified atom stereocenters. The van der Waals surface area contributed by atoms with E-state index >= 15 is 0 Å². The molecule has 4 rings (SSSR count). The van der Waals surface area contributed by atoms with E-state index in [1.165, 1.54) is 0 Å². The molecule has 42 heavy (non-hydrogen) atoms. The van der Waals surface area contributed by atoms with Crippen molar-refractivity contribution in [2.45, 2.75) is 58.7 Å². The molecule has 0 aliphatic carbocycles. The van der Waals surface area contributed by atoms with Gasteiger partial charge in [-0.05, 0) is 71.8 Å². The molecule has 0 radical (unpaired) electrons. The second-order valence-corrected chi connectivity index (χ2v) is 11.0. The molecule has 6 heteroatoms. The Labute approximate surface area is 249 Å². The molecule has 0 aromatic heterocycles. The van der Waals surface area contributed by atoms with E-state index < -0.39 is 12.1 Å². The Morgan fingerprint density at radius 3 is 2.24 bits per heavy atom. The van der Waals surface area contributed by atoms with Gasteiger partial charge in [-0.15, -0.1) is 0 Å². The maximum Gasteiger partial charge on any atom is 0.253 e. The number of amides is 2. The molecule has 2 atom stereocenters. The number of nitrogens with one attached hydrogen (secondary N) is 2. The van der Waals surface area contributed by atoms with Gasteiger partial charge in [0.05, 0.1) is 12.1 Å². The van der Waals surface area contributed by atoms with Gasteiger partial charge in [0.2, 0.25) is 0 Å². The second kappa shape index (κ2) is 15.3. The number of aliphatic hydroxyl groups is 1. The zero-order chi connectivity index (χ0) is 29.9. The minimum Gasteiger partial charge on any atom is -0.390 e. The van der Waals surface area contributed by atoms with Crippen molar-refractivity contribution in [2.75, 3.05) is 19.6 Å². The van der Waals surface area contributed by atoms with Gasteiger partial charge in [0, 0.05) is 37.3 Å². The average Bonchev–Trinajstić information content (AvgIpc) is 3.00. The first-order valence-electron chi connectivity index (χ1n) is 15.0. The van der Waals surface area contributed by atoms with E-state index in [4.69, 9.17) is 0 Å². The number of nitrogens with zero attached hydrogens (tertiary/aromatic N) is 1. The Morgan fingerprint density at radius 1 is 0.833 bits per heavy atom. The number of carbonyl (C=O) groups excluding carboxylic acids is 2. The van der Waals surface area contributed by atoms with Gasteiger partial charge < -0.3 is 20.6 Å². The summed E-state index contributed by atoms with van der Waals surface area (Å²) < 4.78 is 0. The third-order valence-electron chi connectivity index (χ3n) is 7.49. The summed E-state index contributed by atoms with van der Waals surface area (Å²) in [4.78, 5) is 28.9. The van der Waals surface area contributed by atoms with Crippen molar-refractivity contribution in [2.24, 2.45) is 0 Å². The normalized spacial score (nSPS) is 12.6. The Hall–Kier alpha value is -4.00. The Bertz CT molecular complexity index is 1460. The quantitative estimate of drug-likeness (QED) is 0.178. The molecular formula is C36H43N3O3. The van der Waals surface area contributed by atoms with E-state index in [0.717, 1.165) is 40.3 Å². The van der Waals surface area contributed by atoms with Crippen LogP contribution in [0, 0.1) is 6.92 Å². The molecule has 4 aromatic carbocycles. The highest BCUT2D eigenvalue weighted by atomic mass is 16.3. The molecule has 220 valence electrons. The van der Waals surface area contributed by atoms with Crippen LogP contribution in [-0.4, -0.2) is 53.6 Å². The third-order valence-corrected chi connectivity index (χ3v) is 7.49. The van der Waals surface area contributed by atoms with Crippen molar-refractivity contribution in [1.82, 2.24) is 15.5 Å². The summed E-state index contributed by atoms with van der Waals surface area (Å²) in [5.41, 5.74) is 3.94. The van der Waals surface area contributed by atoms with Crippen LogP contribution in [0.1, 0.15) is 64.1 Å². The molecule has 0 bridgehead atoms. The standard InChI is InChI=1S/C36H43N3O3/c1-4-18-39(19-5-2)36(42)31-21-26(3)20-30(22-31)35(41)38-33(34(40)25-37-24-27-12-7-6-8-13-27)23-29-16-11-15-28-14-9-10-17-32(28)29/h6-17,20-22,33-34,37,40H,4-5,18-19,23-25H2,1-3H3,(H,38,41)/t33-,34+/m0/s1. The van der Waals surface area contributed by atoms with Gasteiger partial charge in [-0.25, -0.2) is 0 Å². The Morgan fingerprint density at radius 2 is 1.50 bits per heavy atom. The lowest BCUT2D eigenvalue weighted by molar-refractivity contribution is 0.0755. The number of hydrogen-bond donors (Lipinski definition) is 3. The van der Waals surface area contributed by atoms with Crippen molar-refractivity contribution in [1.29, 1.82) is 0 Å². The van der Waals surface area contributed by atoms with Crippen LogP contribution in [0.5, 0.6) is 0 Å². The molecular weight excluding hydrogens is 522 g/mol. The number of benzene rings is 4. The van der Waals surface area contributed by atoms with Crippen molar-refractivity contribution in [3.05, 3.63) is 119 Å². The van der Waals surface area contributed by atoms with Crippen molar-refractivity contribution in [3.63, 3.8) is 0 Å². The topological polar surface area (TPSA) is 81.7 Å². The van der Waals surface area contributed by atoms with Crippen LogP contribution in [0.3, 0.4) is 0 Å². The molecule has 0 saturated carbocycles. The first-order valence-corrected chi connectivity index (χ1v) is 15.0. The van der Waals surface area contributed by atoms with E-state index in [2.05, 4.69) is 42.7 Å². The van der Waals surface area contributed by atoms with Gasteiger partial charge in [-0.1, -0.05) is 86.6 Å². The van der Waals surface area contributed by atoms with E-state index in [1.807, 2.05) is 72.5 Å². The van der Waals surface area contributed by atoms with E-state index in [1.54, 1.807) is 12.1 Å². The van der Waals surface area contributed by atoms with Gasteiger partial charge in [-0.3, -0.25) is 9.59 Å². The third kappa shape index (κ3) is 8.28. The summed E-state index contributed by atoms with van der Waals surface area (Å²) in [7, 11) is 0. The van der Waals surface area contributed by atoms with E-state index in [9.17, 15) is 14.7 Å². The van der Waals surface area contributed by atoms with E-state index in [0.29, 0.717) is 43.7 Å². The molecule has 2 amide bonds. The highest BCUT2D eigenvalue weighted by molar-refractivity contribution is 6.00. The molecule has 0 aliphatic rings. The summed E-state index contributed by atoms with van der Waals surface area (Å²) in [5, 5.41) is 20.0. The van der Waals surface area contributed by atoms with Crippen LogP contribution in [0.4, 0.5) is 0 Å². The largest absolute Gasteiger partial charge is 0.390 e. The zero-order valence-electron chi connectivity index (χ0n) is 25.0. The summed E-state index contributed by atoms with van der Waals surface area (Å²) in [5.74, 6) is -0.369. The van der Waals surface area contributed by atoms with Crippen LogP contribution in [0.2, 0.25) is 0 Å². The minimum atomic E-state index is -0.841. The second-order valence-electron chi connectivity index (χ2n) is 11.0. The molecule has 0 heterocycles. The maximum absolute atomic E-state index is 13.7. The first kappa shape index (κ1) is 30.9. The van der Waals surface area contributed by atoms with Gasteiger partial charge in [-0.2, -0.15) is 0 Å². The fraction of sp³-hybridized carbons (Fsp3) is 0.333. The number of fused-ring (bicyclic) bond motifs is 1. The van der Waals surface area contributed by atoms with Crippen LogP contribution in [-0.2, 0) is 13.0 Å². The van der Waals surface area contributed by atoms with Crippen LogP contribution in [0.15, 0.2) is 91.0 Å². The van der Waals surface area contributed by atoms with E-state index in [-0.39, 0.29) is 11.8 Å². The molecule has 6 nitrogen and oxygen atoms in total. The molecule has 3 N–H and O–H groups in total. The van der Waals surface area contributed by atoms with Crippen molar-refractivity contribution in [3.8, 4) is 0 Å². The van der Waals surface area contributed by atoms with Gasteiger partial charge in [0.25, 0.3) is 11.8 Å². The minimum absolute atomic E-state index is 0.0612. The number of hydrogen-bond acceptors (Lipinski definition) is 4. The molecule has 0 fully saturated rings. The Balaban J connectivity index is 1.56. The first-order chi connectivity index (χ1) is 20.4. The number of aryl methyl sites for hydroxylation is 1. The summed E-state index contributed by atoms with van der Waals surface area (Å²) >= 11 is 0. The zero-order valence-corrected chi connectivity index (χ0v) is 25.0. The number of aliphatic hydroxyl groups excluding tert-OH is 1. The maximum atomic E-state index is 13.7. The summed E-state index contributed by atoms with van der Waals surface area (Å²) in [6, 6.07) is 29.0. The van der Waals surface area contributed by atoms with Crippen LogP contribution < -0.4 is 10.6 Å². The lowest BCUT2D eigenvalue weighted by Crippen LogP contribution is -2.48. The average molecular weight is 566 g/mol. The van der Waals surface area contributed by atoms with Crippen LogP contribution >= 0.6 is 0 Å². The predicted molar refractivity (Wildman–Crippen MR) is 171 cm³/mol. The number of rotatable bonds is 14. The highest BCUT2D eigenvalue weighted by Crippen LogP contribution is 2.21. The lowest BCUT2D eigenvalue weighted by Gasteiger charge is -2.26. The predicted octanol–water partition coefficient (Wildman–Crippen LogP) is 5.90. The molecule has 0 saturated heterocycles. The smallest absolute Gasteiger partial charge is 0.253 e. The number of carbonyl (C=O) groups is 2. The van der Waals surface area contributed by atoms with Crippen molar-refractivity contribution < 1.29 is 14.7 Å². The molecule has 4 aromatic rings. The molecule has 0 spiro atoms. The van der Waals surface area contributed by atoms with Gasteiger partial charge >= 0.3 is 0 Å². The SMILES string of the molecule is CCCN(CCC)C(=O)c1cc(C)cc(C(=O)N[C@@H](Cc2cccc3ccccc23)[C@H](O)CNCc2ccccc2)c1. The Kier molecular flexibility index (Phi) is 11.3. The summed E-state index contributed by atoms with van der Waals surface area (Å²) in [6.07, 6.45) is 1.36. The molecule has 0 aliphatic heterocycles. The summed E-state index contributed by atoms with van der Waals surface area (Å²) in [6.45, 7) is 8.29.